The first-order valence-electron chi connectivity index (χ1n) is 8.38. The van der Waals surface area contributed by atoms with Crippen LogP contribution in [0.3, 0.4) is 0 Å². The highest BCUT2D eigenvalue weighted by atomic mass is 16.5. The van der Waals surface area contributed by atoms with Gasteiger partial charge in [0.25, 0.3) is 5.91 Å². The number of aromatic nitrogens is 1. The molecule has 0 radical (unpaired) electrons. The lowest BCUT2D eigenvalue weighted by atomic mass is 9.99. The number of pyridine rings is 1. The fourth-order valence-corrected chi connectivity index (χ4v) is 2.62. The number of ether oxygens (including phenoxy) is 1. The van der Waals surface area contributed by atoms with Crippen molar-refractivity contribution in [1.29, 1.82) is 0 Å². The Morgan fingerprint density at radius 2 is 1.41 bits per heavy atom. The molecule has 0 aliphatic heterocycles. The molecule has 0 unspecified atom stereocenters. The van der Waals surface area contributed by atoms with Crippen molar-refractivity contribution in [3.05, 3.63) is 107 Å². The summed E-state index contributed by atoms with van der Waals surface area (Å²) in [6.07, 6.45) is 2.38. The molecule has 3 aromatic rings. The van der Waals surface area contributed by atoms with E-state index < -0.39 is 18.5 Å². The van der Waals surface area contributed by atoms with Crippen LogP contribution in [-0.4, -0.2) is 18.5 Å². The Bertz CT molecular complexity index is 857. The Hall–Kier alpha value is -3.67. The van der Waals surface area contributed by atoms with Crippen LogP contribution in [0, 0.1) is 5.21 Å². The van der Waals surface area contributed by atoms with Gasteiger partial charge in [0.1, 0.15) is 0 Å². The Labute approximate surface area is 156 Å². The summed E-state index contributed by atoms with van der Waals surface area (Å²) in [5.41, 5.74) is 2.05. The summed E-state index contributed by atoms with van der Waals surface area (Å²) in [6, 6.07) is 21.4. The third kappa shape index (κ3) is 4.92. The molecular formula is C21H18N2O4. The van der Waals surface area contributed by atoms with Crippen LogP contribution >= 0.6 is 0 Å². The number of rotatable bonds is 6. The summed E-state index contributed by atoms with van der Waals surface area (Å²) in [7, 11) is 0. The fraction of sp³-hybridized carbons (Fsp3) is 0.0952. The minimum atomic E-state index is -0.665. The van der Waals surface area contributed by atoms with Gasteiger partial charge in [0, 0.05) is 12.1 Å². The first-order chi connectivity index (χ1) is 13.1. The van der Waals surface area contributed by atoms with E-state index in [0.29, 0.717) is 4.73 Å². The van der Waals surface area contributed by atoms with Gasteiger partial charge in [-0.2, -0.15) is 4.73 Å². The smallest absolute Gasteiger partial charge is 0.339 e. The highest BCUT2D eigenvalue weighted by Gasteiger charge is 2.18. The maximum Gasteiger partial charge on any atom is 0.339 e. The molecule has 1 amide bonds. The topological polar surface area (TPSA) is 82.3 Å². The Balaban J connectivity index is 1.66. The van der Waals surface area contributed by atoms with Crippen molar-refractivity contribution in [3.8, 4) is 0 Å². The van der Waals surface area contributed by atoms with Crippen LogP contribution in [0.4, 0.5) is 0 Å². The molecule has 0 saturated heterocycles. The van der Waals surface area contributed by atoms with E-state index in [1.807, 2.05) is 60.7 Å². The minimum absolute atomic E-state index is 0.206. The monoisotopic (exact) mass is 362 g/mol. The van der Waals surface area contributed by atoms with Crippen molar-refractivity contribution in [2.75, 3.05) is 6.61 Å². The summed E-state index contributed by atoms with van der Waals surface area (Å²) in [5, 5.41) is 13.9. The fourth-order valence-electron chi connectivity index (χ4n) is 2.62. The zero-order valence-corrected chi connectivity index (χ0v) is 14.4. The first kappa shape index (κ1) is 18.1. The van der Waals surface area contributed by atoms with Gasteiger partial charge in [0.05, 0.1) is 11.6 Å². The molecule has 0 saturated carbocycles. The number of nitrogens with zero attached hydrogens (tertiary/aromatic N) is 1. The Kier molecular flexibility index (Phi) is 5.79. The lowest BCUT2D eigenvalue weighted by Gasteiger charge is -2.19. The number of hydrogen-bond donors (Lipinski definition) is 1. The SMILES string of the molecule is O=C(COC(=O)c1cc[n+]([O-])cc1)NC(c1ccccc1)c1ccccc1. The van der Waals surface area contributed by atoms with Crippen LogP contribution in [0.1, 0.15) is 27.5 Å². The van der Waals surface area contributed by atoms with E-state index in [9.17, 15) is 14.8 Å². The molecule has 1 N–H and O–H groups in total. The van der Waals surface area contributed by atoms with Gasteiger partial charge in [0.15, 0.2) is 19.0 Å². The van der Waals surface area contributed by atoms with Gasteiger partial charge in [-0.15, -0.1) is 0 Å². The number of amides is 1. The molecule has 1 heterocycles. The highest BCUT2D eigenvalue weighted by Crippen LogP contribution is 2.21. The number of benzene rings is 2. The van der Waals surface area contributed by atoms with Crippen molar-refractivity contribution in [2.24, 2.45) is 0 Å². The summed E-state index contributed by atoms with van der Waals surface area (Å²) >= 11 is 0. The van der Waals surface area contributed by atoms with Gasteiger partial charge in [0.2, 0.25) is 0 Å². The summed E-state index contributed by atoms with van der Waals surface area (Å²) in [5.74, 6) is -1.09. The van der Waals surface area contributed by atoms with Gasteiger partial charge in [-0.3, -0.25) is 4.79 Å². The second-order valence-corrected chi connectivity index (χ2v) is 5.84. The summed E-state index contributed by atoms with van der Waals surface area (Å²) in [6.45, 7) is -0.415. The summed E-state index contributed by atoms with van der Waals surface area (Å²) < 4.78 is 5.60. The van der Waals surface area contributed by atoms with E-state index in [0.717, 1.165) is 11.1 Å². The maximum atomic E-state index is 12.3. The van der Waals surface area contributed by atoms with Crippen molar-refractivity contribution < 1.29 is 19.1 Å². The molecule has 0 spiro atoms. The largest absolute Gasteiger partial charge is 0.619 e. The van der Waals surface area contributed by atoms with Gasteiger partial charge in [-0.05, 0) is 11.1 Å². The maximum absolute atomic E-state index is 12.3. The average molecular weight is 362 g/mol. The third-order valence-electron chi connectivity index (χ3n) is 3.94. The lowest BCUT2D eigenvalue weighted by molar-refractivity contribution is -0.605. The zero-order valence-electron chi connectivity index (χ0n) is 14.4. The molecule has 3 rings (SSSR count). The van der Waals surface area contributed by atoms with E-state index in [1.54, 1.807) is 0 Å². The van der Waals surface area contributed by atoms with Gasteiger partial charge in [-0.25, -0.2) is 4.79 Å². The van der Waals surface area contributed by atoms with Crippen molar-refractivity contribution in [3.63, 3.8) is 0 Å². The molecule has 136 valence electrons. The van der Waals surface area contributed by atoms with E-state index in [-0.39, 0.29) is 11.6 Å². The predicted molar refractivity (Wildman–Crippen MR) is 98.6 cm³/mol. The average Bonchev–Trinajstić information content (AvgIpc) is 2.72. The van der Waals surface area contributed by atoms with Crippen LogP contribution in [0.25, 0.3) is 0 Å². The molecule has 6 heteroatoms. The van der Waals surface area contributed by atoms with Gasteiger partial charge in [-0.1, -0.05) is 60.7 Å². The van der Waals surface area contributed by atoms with Crippen LogP contribution in [0.2, 0.25) is 0 Å². The lowest BCUT2D eigenvalue weighted by Crippen LogP contribution is -2.33. The number of carbonyl (C=O) groups is 2. The van der Waals surface area contributed by atoms with Crippen LogP contribution in [0.15, 0.2) is 85.2 Å². The van der Waals surface area contributed by atoms with E-state index in [1.165, 1.54) is 24.5 Å². The van der Waals surface area contributed by atoms with Crippen LogP contribution in [0.5, 0.6) is 0 Å². The molecule has 6 nitrogen and oxygen atoms in total. The predicted octanol–water partition coefficient (Wildman–Crippen LogP) is 2.38. The standard InChI is InChI=1S/C21H18N2O4/c24-19(15-27-21(25)18-11-13-23(26)14-12-18)22-20(16-7-3-1-4-8-16)17-9-5-2-6-10-17/h1-14,20H,15H2,(H,22,24). The molecular weight excluding hydrogens is 344 g/mol. The molecule has 0 aliphatic carbocycles. The molecule has 0 atom stereocenters. The van der Waals surface area contributed by atoms with Gasteiger partial charge >= 0.3 is 5.97 Å². The van der Waals surface area contributed by atoms with Gasteiger partial charge < -0.3 is 15.3 Å². The normalized spacial score (nSPS) is 10.4. The number of hydrogen-bond acceptors (Lipinski definition) is 4. The summed E-state index contributed by atoms with van der Waals surface area (Å²) in [4.78, 5) is 24.3. The number of nitrogens with one attached hydrogen (secondary N) is 1. The van der Waals surface area contributed by atoms with Crippen LogP contribution in [-0.2, 0) is 9.53 Å². The molecule has 2 aromatic carbocycles. The molecule has 0 bridgehead atoms. The first-order valence-corrected chi connectivity index (χ1v) is 8.38. The Morgan fingerprint density at radius 1 is 0.889 bits per heavy atom. The third-order valence-corrected chi connectivity index (χ3v) is 3.94. The molecule has 1 aromatic heterocycles. The van der Waals surface area contributed by atoms with Crippen molar-refractivity contribution in [1.82, 2.24) is 5.32 Å². The zero-order chi connectivity index (χ0) is 19.1. The quantitative estimate of drug-likeness (QED) is 0.415. The molecule has 0 aliphatic rings. The second kappa shape index (κ2) is 8.62. The van der Waals surface area contributed by atoms with Crippen molar-refractivity contribution >= 4 is 11.9 Å². The van der Waals surface area contributed by atoms with E-state index in [2.05, 4.69) is 5.32 Å². The number of carbonyl (C=O) groups excluding carboxylic acids is 2. The van der Waals surface area contributed by atoms with E-state index >= 15 is 0 Å². The molecule has 27 heavy (non-hydrogen) atoms. The highest BCUT2D eigenvalue weighted by molar-refractivity contribution is 5.91. The number of esters is 1. The van der Waals surface area contributed by atoms with Crippen LogP contribution < -0.4 is 10.0 Å². The Morgan fingerprint density at radius 3 is 1.93 bits per heavy atom. The molecule has 0 fully saturated rings. The van der Waals surface area contributed by atoms with Crippen molar-refractivity contribution in [2.45, 2.75) is 6.04 Å². The second-order valence-electron chi connectivity index (χ2n) is 5.84. The minimum Gasteiger partial charge on any atom is -0.619 e. The van der Waals surface area contributed by atoms with E-state index in [4.69, 9.17) is 4.74 Å².